The Bertz CT molecular complexity index is 324. The summed E-state index contributed by atoms with van der Waals surface area (Å²) in [7, 11) is 0. The van der Waals surface area contributed by atoms with Crippen molar-refractivity contribution in [3.05, 3.63) is 32.9 Å². The third-order valence-corrected chi connectivity index (χ3v) is 2.43. The van der Waals surface area contributed by atoms with Crippen molar-refractivity contribution < 1.29 is 4.84 Å². The van der Waals surface area contributed by atoms with E-state index in [1.165, 1.54) is 0 Å². The number of halogens is 2. The second-order valence-electron chi connectivity index (χ2n) is 2.23. The molecule has 0 aliphatic heterocycles. The summed E-state index contributed by atoms with van der Waals surface area (Å²) in [4.78, 5) is 4.49. The van der Waals surface area contributed by atoms with Gasteiger partial charge in [0, 0.05) is 3.57 Å². The van der Waals surface area contributed by atoms with Gasteiger partial charge in [0.05, 0.1) is 18.2 Å². The van der Waals surface area contributed by atoms with Gasteiger partial charge in [-0.1, -0.05) is 6.07 Å². The highest BCUT2D eigenvalue weighted by atomic mass is 127. The highest BCUT2D eigenvalue weighted by Gasteiger charge is 1.99. The fraction of sp³-hybridized carbons (Fsp3) is 0.125. The minimum Gasteiger partial charge on any atom is -0.300 e. The lowest BCUT2D eigenvalue weighted by Crippen LogP contribution is -2.00. The van der Waals surface area contributed by atoms with E-state index in [1.54, 1.807) is 12.1 Å². The van der Waals surface area contributed by atoms with Crippen LogP contribution in [0.4, 0.5) is 0 Å². The molecule has 0 amide bonds. The van der Waals surface area contributed by atoms with Crippen LogP contribution in [0.15, 0.2) is 18.2 Å². The highest BCUT2D eigenvalue weighted by molar-refractivity contribution is 14.1. The van der Waals surface area contributed by atoms with E-state index in [9.17, 15) is 0 Å². The molecule has 0 atom stereocenters. The second kappa shape index (κ2) is 6.16. The van der Waals surface area contributed by atoms with Gasteiger partial charge in [-0.15, -0.1) is 12.4 Å². The molecular weight excluding hydrogens is 302 g/mol. The molecule has 2 N–H and O–H groups in total. The standard InChI is InChI=1S/C8H7IN2O.ClH/c9-8-3-6(4-10)1-2-7(8)5-12-11;/h1-3H,5,11H2;1H. The summed E-state index contributed by atoms with van der Waals surface area (Å²) in [6, 6.07) is 7.45. The Morgan fingerprint density at radius 2 is 2.23 bits per heavy atom. The Morgan fingerprint density at radius 1 is 1.54 bits per heavy atom. The van der Waals surface area contributed by atoms with Gasteiger partial charge in [-0.2, -0.15) is 5.26 Å². The van der Waals surface area contributed by atoms with Crippen LogP contribution < -0.4 is 5.90 Å². The quantitative estimate of drug-likeness (QED) is 0.671. The Kier molecular flexibility index (Phi) is 5.99. The number of nitrogens with two attached hydrogens (primary N) is 1. The number of rotatable bonds is 2. The zero-order valence-electron chi connectivity index (χ0n) is 6.66. The number of benzene rings is 1. The van der Waals surface area contributed by atoms with Crippen LogP contribution in [0.1, 0.15) is 11.1 Å². The lowest BCUT2D eigenvalue weighted by atomic mass is 10.2. The molecule has 0 saturated carbocycles. The minimum atomic E-state index is 0. The van der Waals surface area contributed by atoms with Gasteiger partial charge >= 0.3 is 0 Å². The predicted octanol–water partition coefficient (Wildman–Crippen LogP) is 1.97. The molecule has 0 spiro atoms. The van der Waals surface area contributed by atoms with E-state index in [-0.39, 0.29) is 12.4 Å². The van der Waals surface area contributed by atoms with Crippen LogP contribution >= 0.6 is 35.0 Å². The smallest absolute Gasteiger partial charge is 0.0991 e. The Hall–Kier alpha value is -0.350. The summed E-state index contributed by atoms with van der Waals surface area (Å²) in [5.74, 6) is 4.93. The van der Waals surface area contributed by atoms with Gasteiger partial charge in [-0.05, 0) is 40.3 Å². The van der Waals surface area contributed by atoms with Crippen LogP contribution in [0.3, 0.4) is 0 Å². The lowest BCUT2D eigenvalue weighted by molar-refractivity contribution is 0.123. The lowest BCUT2D eigenvalue weighted by Gasteiger charge is -2.01. The first-order valence-electron chi connectivity index (χ1n) is 3.28. The fourth-order valence-electron chi connectivity index (χ4n) is 0.824. The van der Waals surface area contributed by atoms with Gasteiger partial charge in [0.25, 0.3) is 0 Å². The van der Waals surface area contributed by atoms with Gasteiger partial charge in [0.1, 0.15) is 0 Å². The van der Waals surface area contributed by atoms with Crippen LogP contribution in [0.5, 0.6) is 0 Å². The zero-order valence-corrected chi connectivity index (χ0v) is 9.63. The van der Waals surface area contributed by atoms with Gasteiger partial charge in [0.2, 0.25) is 0 Å². The molecule has 0 unspecified atom stereocenters. The predicted molar refractivity (Wildman–Crippen MR) is 60.1 cm³/mol. The van der Waals surface area contributed by atoms with Crippen molar-refractivity contribution in [2.75, 3.05) is 0 Å². The number of hydrogen-bond acceptors (Lipinski definition) is 3. The van der Waals surface area contributed by atoms with Crippen molar-refractivity contribution >= 4 is 35.0 Å². The number of hydrogen-bond donors (Lipinski definition) is 1. The minimum absolute atomic E-state index is 0. The van der Waals surface area contributed by atoms with Gasteiger partial charge in [-0.3, -0.25) is 4.84 Å². The number of nitriles is 1. The molecule has 1 aromatic carbocycles. The van der Waals surface area contributed by atoms with Crippen molar-refractivity contribution in [2.45, 2.75) is 6.61 Å². The third kappa shape index (κ3) is 3.48. The molecule has 0 aromatic heterocycles. The van der Waals surface area contributed by atoms with Crippen molar-refractivity contribution in [1.82, 2.24) is 0 Å². The first kappa shape index (κ1) is 12.7. The van der Waals surface area contributed by atoms with Crippen LogP contribution in [-0.4, -0.2) is 0 Å². The van der Waals surface area contributed by atoms with E-state index in [2.05, 4.69) is 33.5 Å². The summed E-state index contributed by atoms with van der Waals surface area (Å²) >= 11 is 2.15. The molecule has 0 radical (unpaired) electrons. The van der Waals surface area contributed by atoms with Crippen LogP contribution in [0.25, 0.3) is 0 Å². The Morgan fingerprint density at radius 3 is 2.69 bits per heavy atom. The second-order valence-corrected chi connectivity index (χ2v) is 3.39. The van der Waals surface area contributed by atoms with Crippen molar-refractivity contribution in [2.24, 2.45) is 5.90 Å². The van der Waals surface area contributed by atoms with E-state index in [4.69, 9.17) is 11.2 Å². The molecule has 0 fully saturated rings. The molecule has 1 rings (SSSR count). The van der Waals surface area contributed by atoms with Crippen LogP contribution in [-0.2, 0) is 11.4 Å². The van der Waals surface area contributed by atoms with Crippen LogP contribution in [0.2, 0.25) is 0 Å². The zero-order chi connectivity index (χ0) is 8.97. The summed E-state index contributed by atoms with van der Waals surface area (Å²) in [6.45, 7) is 0.379. The SMILES string of the molecule is Cl.N#Cc1ccc(CON)c(I)c1. The first-order chi connectivity index (χ1) is 5.77. The molecule has 0 aliphatic rings. The van der Waals surface area contributed by atoms with Crippen molar-refractivity contribution in [1.29, 1.82) is 5.26 Å². The first-order valence-corrected chi connectivity index (χ1v) is 4.36. The topological polar surface area (TPSA) is 59.0 Å². The molecule has 1 aromatic rings. The van der Waals surface area contributed by atoms with E-state index in [0.29, 0.717) is 12.2 Å². The normalized spacial score (nSPS) is 8.69. The van der Waals surface area contributed by atoms with E-state index < -0.39 is 0 Å². The van der Waals surface area contributed by atoms with Gasteiger partial charge < -0.3 is 0 Å². The molecule has 0 saturated heterocycles. The van der Waals surface area contributed by atoms with Gasteiger partial charge in [-0.25, -0.2) is 5.90 Å². The summed E-state index contributed by atoms with van der Waals surface area (Å²) in [5.41, 5.74) is 1.65. The van der Waals surface area contributed by atoms with E-state index >= 15 is 0 Å². The summed E-state index contributed by atoms with van der Waals surface area (Å²) < 4.78 is 0.997. The largest absolute Gasteiger partial charge is 0.300 e. The van der Waals surface area contributed by atoms with E-state index in [0.717, 1.165) is 9.13 Å². The molecular formula is C8H8ClIN2O. The fourth-order valence-corrected chi connectivity index (χ4v) is 1.49. The molecule has 3 nitrogen and oxygen atoms in total. The molecule has 0 bridgehead atoms. The van der Waals surface area contributed by atoms with Crippen molar-refractivity contribution in [3.8, 4) is 6.07 Å². The molecule has 70 valence electrons. The summed E-state index contributed by atoms with van der Waals surface area (Å²) in [5, 5.41) is 8.57. The maximum Gasteiger partial charge on any atom is 0.0991 e. The van der Waals surface area contributed by atoms with Crippen LogP contribution in [0, 0.1) is 14.9 Å². The van der Waals surface area contributed by atoms with E-state index in [1.807, 2.05) is 6.07 Å². The Balaban J connectivity index is 0.00000144. The average molecular weight is 311 g/mol. The maximum atomic E-state index is 8.57. The molecule has 0 heterocycles. The highest BCUT2D eigenvalue weighted by Crippen LogP contribution is 2.14. The monoisotopic (exact) mass is 310 g/mol. The molecule has 0 aliphatic carbocycles. The molecule has 5 heteroatoms. The Labute approximate surface area is 96.4 Å². The average Bonchev–Trinajstić information content (AvgIpc) is 2.09. The van der Waals surface area contributed by atoms with Crippen molar-refractivity contribution in [3.63, 3.8) is 0 Å². The third-order valence-electron chi connectivity index (χ3n) is 1.42. The maximum absolute atomic E-state index is 8.57. The van der Waals surface area contributed by atoms with Gasteiger partial charge in [0.15, 0.2) is 0 Å². The number of nitrogens with zero attached hydrogens (tertiary/aromatic N) is 1. The molecule has 13 heavy (non-hydrogen) atoms. The summed E-state index contributed by atoms with van der Waals surface area (Å²) in [6.07, 6.45) is 0.